The molecule has 2 amide bonds. The highest BCUT2D eigenvalue weighted by atomic mass is 16.2. The van der Waals surface area contributed by atoms with Gasteiger partial charge in [0.15, 0.2) is 5.78 Å². The number of amides is 2. The third-order valence-corrected chi connectivity index (χ3v) is 5.35. The number of carbonyl (C=O) groups is 3. The standard InChI is InChI=1S/C19H23N3O3/c1-12(23)13-5-8-16-17(9-13)21(11-19(25)22(16)15-6-7-15)18(24)10-20-14-3-2-4-14/h5,8-9,14-15,20H,2-4,6-7,10-11H2,1H3. The first-order valence-corrected chi connectivity index (χ1v) is 9.05. The van der Waals surface area contributed by atoms with E-state index in [4.69, 9.17) is 0 Å². The van der Waals surface area contributed by atoms with Crippen molar-refractivity contribution >= 4 is 29.0 Å². The maximum Gasteiger partial charge on any atom is 0.247 e. The summed E-state index contributed by atoms with van der Waals surface area (Å²) in [5, 5.41) is 3.26. The lowest BCUT2D eigenvalue weighted by Crippen LogP contribution is -2.52. The van der Waals surface area contributed by atoms with Crippen LogP contribution in [0.15, 0.2) is 18.2 Å². The minimum absolute atomic E-state index is 0.0393. The molecule has 6 heteroatoms. The fourth-order valence-electron chi connectivity index (χ4n) is 3.49. The van der Waals surface area contributed by atoms with Crippen LogP contribution in [0, 0.1) is 0 Å². The topological polar surface area (TPSA) is 69.7 Å². The number of hydrogen-bond donors (Lipinski definition) is 1. The van der Waals surface area contributed by atoms with E-state index in [0.29, 0.717) is 17.3 Å². The van der Waals surface area contributed by atoms with Crippen LogP contribution >= 0.6 is 0 Å². The van der Waals surface area contributed by atoms with Crippen molar-refractivity contribution in [2.45, 2.75) is 51.1 Å². The molecule has 0 aromatic heterocycles. The highest BCUT2D eigenvalue weighted by Crippen LogP contribution is 2.41. The van der Waals surface area contributed by atoms with Gasteiger partial charge in [-0.2, -0.15) is 0 Å². The van der Waals surface area contributed by atoms with Gasteiger partial charge in [-0.15, -0.1) is 0 Å². The molecule has 2 aliphatic carbocycles. The number of carbonyl (C=O) groups excluding carboxylic acids is 3. The summed E-state index contributed by atoms with van der Waals surface area (Å²) in [6.07, 6.45) is 5.41. The molecule has 1 heterocycles. The number of anilines is 2. The number of rotatable bonds is 5. The van der Waals surface area contributed by atoms with Crippen LogP contribution in [0.3, 0.4) is 0 Å². The first-order valence-electron chi connectivity index (χ1n) is 9.05. The van der Waals surface area contributed by atoms with E-state index in [2.05, 4.69) is 5.32 Å². The van der Waals surface area contributed by atoms with Crippen molar-refractivity contribution in [3.63, 3.8) is 0 Å². The molecule has 1 aromatic carbocycles. The van der Waals surface area contributed by atoms with Gasteiger partial charge in [-0.3, -0.25) is 19.3 Å². The Balaban J connectivity index is 1.63. The molecule has 0 bridgehead atoms. The molecular formula is C19H23N3O3. The fraction of sp³-hybridized carbons (Fsp3) is 0.526. The van der Waals surface area contributed by atoms with Crippen molar-refractivity contribution in [2.75, 3.05) is 22.9 Å². The van der Waals surface area contributed by atoms with Crippen LogP contribution in [-0.4, -0.2) is 42.8 Å². The van der Waals surface area contributed by atoms with E-state index in [1.54, 1.807) is 18.2 Å². The van der Waals surface area contributed by atoms with Gasteiger partial charge in [0.2, 0.25) is 11.8 Å². The summed E-state index contributed by atoms with van der Waals surface area (Å²) in [5.41, 5.74) is 1.99. The molecular weight excluding hydrogens is 318 g/mol. The van der Waals surface area contributed by atoms with Gasteiger partial charge in [-0.25, -0.2) is 0 Å². The Labute approximate surface area is 147 Å². The second kappa shape index (κ2) is 6.26. The van der Waals surface area contributed by atoms with E-state index in [-0.39, 0.29) is 36.7 Å². The predicted molar refractivity (Wildman–Crippen MR) is 94.9 cm³/mol. The minimum atomic E-state index is -0.113. The van der Waals surface area contributed by atoms with Crippen molar-refractivity contribution in [3.05, 3.63) is 23.8 Å². The number of benzene rings is 1. The summed E-state index contributed by atoms with van der Waals surface area (Å²) >= 11 is 0. The van der Waals surface area contributed by atoms with Crippen LogP contribution in [-0.2, 0) is 9.59 Å². The smallest absolute Gasteiger partial charge is 0.247 e. The maximum atomic E-state index is 12.7. The summed E-state index contributed by atoms with van der Waals surface area (Å²) in [6, 6.07) is 5.95. The summed E-state index contributed by atoms with van der Waals surface area (Å²) < 4.78 is 0. The zero-order valence-electron chi connectivity index (χ0n) is 14.5. The summed E-state index contributed by atoms with van der Waals surface area (Å²) in [6.45, 7) is 1.79. The molecule has 3 aliphatic rings. The average Bonchev–Trinajstić information content (AvgIpc) is 3.36. The number of ketones is 1. The SMILES string of the molecule is CC(=O)c1ccc2c(c1)N(C(=O)CNC1CCC1)CC(=O)N2C1CC1. The van der Waals surface area contributed by atoms with E-state index in [0.717, 1.165) is 31.4 Å². The lowest BCUT2D eigenvalue weighted by Gasteiger charge is -2.37. The summed E-state index contributed by atoms with van der Waals surface area (Å²) in [7, 11) is 0. The predicted octanol–water partition coefficient (Wildman–Crippen LogP) is 1.87. The van der Waals surface area contributed by atoms with Crippen LogP contribution < -0.4 is 15.1 Å². The van der Waals surface area contributed by atoms with E-state index in [1.165, 1.54) is 18.2 Å². The average molecular weight is 341 g/mol. The summed E-state index contributed by atoms with van der Waals surface area (Å²) in [5.74, 6) is -0.196. The van der Waals surface area contributed by atoms with Gasteiger partial charge in [-0.05, 0) is 50.8 Å². The molecule has 132 valence electrons. The molecule has 1 aromatic rings. The third kappa shape index (κ3) is 3.06. The molecule has 2 fully saturated rings. The number of fused-ring (bicyclic) bond motifs is 1. The Morgan fingerprint density at radius 2 is 1.92 bits per heavy atom. The highest BCUT2D eigenvalue weighted by Gasteiger charge is 2.40. The number of nitrogens with zero attached hydrogens (tertiary/aromatic N) is 2. The Hall–Kier alpha value is -2.21. The van der Waals surface area contributed by atoms with E-state index < -0.39 is 0 Å². The monoisotopic (exact) mass is 341 g/mol. The second-order valence-corrected chi connectivity index (χ2v) is 7.24. The van der Waals surface area contributed by atoms with Crippen molar-refractivity contribution < 1.29 is 14.4 Å². The Morgan fingerprint density at radius 3 is 2.52 bits per heavy atom. The van der Waals surface area contributed by atoms with Crippen LogP contribution in [0.5, 0.6) is 0 Å². The van der Waals surface area contributed by atoms with Gasteiger partial charge in [0.1, 0.15) is 6.54 Å². The fourth-order valence-corrected chi connectivity index (χ4v) is 3.49. The first kappa shape index (κ1) is 16.3. The molecule has 0 radical (unpaired) electrons. The van der Waals surface area contributed by atoms with Gasteiger partial charge >= 0.3 is 0 Å². The largest absolute Gasteiger partial charge is 0.306 e. The molecule has 1 N–H and O–H groups in total. The van der Waals surface area contributed by atoms with Gasteiger partial charge in [0, 0.05) is 17.6 Å². The molecule has 6 nitrogen and oxygen atoms in total. The highest BCUT2D eigenvalue weighted by molar-refractivity contribution is 6.13. The molecule has 0 spiro atoms. The van der Waals surface area contributed by atoms with Gasteiger partial charge in [0.05, 0.1) is 17.9 Å². The summed E-state index contributed by atoms with van der Waals surface area (Å²) in [4.78, 5) is 40.5. The minimum Gasteiger partial charge on any atom is -0.306 e. The number of Topliss-reactive ketones (excluding diaryl/α,β-unsaturated/α-hetero) is 1. The van der Waals surface area contributed by atoms with Crippen molar-refractivity contribution in [1.29, 1.82) is 0 Å². The number of nitrogens with one attached hydrogen (secondary N) is 1. The Morgan fingerprint density at radius 1 is 1.16 bits per heavy atom. The Bertz CT molecular complexity index is 737. The maximum absolute atomic E-state index is 12.7. The second-order valence-electron chi connectivity index (χ2n) is 7.24. The quantitative estimate of drug-likeness (QED) is 0.830. The molecule has 2 saturated carbocycles. The molecule has 25 heavy (non-hydrogen) atoms. The lowest BCUT2D eigenvalue weighted by molar-refractivity contribution is -0.122. The number of hydrogen-bond acceptors (Lipinski definition) is 4. The first-order chi connectivity index (χ1) is 12.0. The van der Waals surface area contributed by atoms with Crippen LogP contribution in [0.25, 0.3) is 0 Å². The molecule has 1 aliphatic heterocycles. The third-order valence-electron chi connectivity index (χ3n) is 5.35. The van der Waals surface area contributed by atoms with Gasteiger partial charge in [0.25, 0.3) is 0 Å². The molecule has 0 atom stereocenters. The molecule has 0 unspecified atom stereocenters. The normalized spacial score (nSPS) is 20.3. The van der Waals surface area contributed by atoms with Crippen molar-refractivity contribution in [1.82, 2.24) is 5.32 Å². The van der Waals surface area contributed by atoms with Crippen LogP contribution in [0.4, 0.5) is 11.4 Å². The van der Waals surface area contributed by atoms with Gasteiger partial charge < -0.3 is 10.2 Å². The van der Waals surface area contributed by atoms with E-state index in [1.807, 2.05) is 4.90 Å². The van der Waals surface area contributed by atoms with Gasteiger partial charge in [-0.1, -0.05) is 6.42 Å². The van der Waals surface area contributed by atoms with Crippen molar-refractivity contribution in [3.8, 4) is 0 Å². The lowest BCUT2D eigenvalue weighted by atomic mass is 9.93. The van der Waals surface area contributed by atoms with Crippen LogP contribution in [0.2, 0.25) is 0 Å². The Kier molecular flexibility index (Phi) is 4.07. The van der Waals surface area contributed by atoms with E-state index in [9.17, 15) is 14.4 Å². The molecule has 0 saturated heterocycles. The molecule has 4 rings (SSSR count). The van der Waals surface area contributed by atoms with Crippen molar-refractivity contribution in [2.24, 2.45) is 0 Å². The van der Waals surface area contributed by atoms with E-state index >= 15 is 0 Å². The zero-order valence-corrected chi connectivity index (χ0v) is 14.5. The van der Waals surface area contributed by atoms with Crippen LogP contribution in [0.1, 0.15) is 49.4 Å². The zero-order chi connectivity index (χ0) is 17.6.